The van der Waals surface area contributed by atoms with Crippen molar-refractivity contribution in [1.82, 2.24) is 9.55 Å². The van der Waals surface area contributed by atoms with Crippen molar-refractivity contribution in [2.75, 3.05) is 5.32 Å². The largest absolute Gasteiger partial charge is 0.377 e. The molecule has 0 aliphatic rings. The monoisotopic (exact) mass is 450 g/mol. The first-order chi connectivity index (χ1) is 16.5. The summed E-state index contributed by atoms with van der Waals surface area (Å²) in [5.74, 6) is 0. The summed E-state index contributed by atoms with van der Waals surface area (Å²) < 4.78 is 1.78. The molecule has 5 nitrogen and oxygen atoms in total. The molecule has 34 heavy (non-hydrogen) atoms. The Balaban J connectivity index is 1.89. The number of hydrogen-bond donors (Lipinski definition) is 1. The van der Waals surface area contributed by atoms with Crippen LogP contribution in [0.25, 0.3) is 22.0 Å². The topological polar surface area (TPSA) is 70.7 Å². The molecule has 1 atom stereocenters. The third kappa shape index (κ3) is 4.72. The highest BCUT2D eigenvalue weighted by molar-refractivity contribution is 5.98. The van der Waals surface area contributed by atoms with Crippen LogP contribution in [0.2, 0.25) is 0 Å². The van der Waals surface area contributed by atoms with E-state index in [9.17, 15) is 10.1 Å². The molecule has 0 saturated carbocycles. The van der Waals surface area contributed by atoms with E-state index in [4.69, 9.17) is 0 Å². The van der Waals surface area contributed by atoms with Gasteiger partial charge in [-0.2, -0.15) is 5.26 Å². The van der Waals surface area contributed by atoms with Crippen LogP contribution >= 0.6 is 0 Å². The normalized spacial score (nSPS) is 11.8. The second-order valence-corrected chi connectivity index (χ2v) is 8.74. The molecule has 1 unspecified atom stereocenters. The lowest BCUT2D eigenvalue weighted by atomic mass is 9.95. The molecule has 0 radical (unpaired) electrons. The molecule has 0 aliphatic heterocycles. The molecule has 0 saturated heterocycles. The highest BCUT2D eigenvalue weighted by Crippen LogP contribution is 2.33. The first kappa shape index (κ1) is 23.3. The van der Waals surface area contributed by atoms with Gasteiger partial charge in [0.2, 0.25) is 0 Å². The standard InChI is InChI=1S/C29H30N4O/c1-4-5-8-17-33-27-18-23(32-21(3)26-9-6-7-16-31-26)14-15-24(27)28(25(19-30)29(33)34)22-12-10-20(2)11-13-22/h6-7,9-16,18,21,32H,4-5,8,17H2,1-3H3. The lowest BCUT2D eigenvalue weighted by Crippen LogP contribution is -2.24. The van der Waals surface area contributed by atoms with E-state index in [1.54, 1.807) is 10.8 Å². The Bertz CT molecular complexity index is 1380. The second kappa shape index (κ2) is 10.4. The molecule has 4 rings (SSSR count). The highest BCUT2D eigenvalue weighted by Gasteiger charge is 2.19. The summed E-state index contributed by atoms with van der Waals surface area (Å²) >= 11 is 0. The van der Waals surface area contributed by atoms with Gasteiger partial charge in [-0.05, 0) is 50.1 Å². The molecule has 0 spiro atoms. The number of benzene rings is 2. The predicted octanol–water partition coefficient (Wildman–Crippen LogP) is 6.61. The maximum absolute atomic E-state index is 13.5. The fraction of sp³-hybridized carbons (Fsp3) is 0.276. The first-order valence-corrected chi connectivity index (χ1v) is 11.9. The SMILES string of the molecule is CCCCCn1c(=O)c(C#N)c(-c2ccc(C)cc2)c2ccc(NC(C)c3ccccn3)cc21. The minimum Gasteiger partial charge on any atom is -0.377 e. The van der Waals surface area contributed by atoms with Crippen molar-refractivity contribution in [2.45, 2.75) is 52.6 Å². The van der Waals surface area contributed by atoms with Crippen molar-refractivity contribution in [3.63, 3.8) is 0 Å². The number of nitrogens with zero attached hydrogens (tertiary/aromatic N) is 3. The molecule has 4 aromatic rings. The minimum atomic E-state index is -0.225. The number of hydrogen-bond acceptors (Lipinski definition) is 4. The van der Waals surface area contributed by atoms with E-state index >= 15 is 0 Å². The zero-order chi connectivity index (χ0) is 24.1. The Morgan fingerprint density at radius 1 is 1.09 bits per heavy atom. The smallest absolute Gasteiger partial charge is 0.269 e. The molecule has 0 aliphatic carbocycles. The van der Waals surface area contributed by atoms with Crippen LogP contribution in [0.3, 0.4) is 0 Å². The molecule has 5 heteroatoms. The molecule has 2 aromatic heterocycles. The lowest BCUT2D eigenvalue weighted by Gasteiger charge is -2.19. The van der Waals surface area contributed by atoms with E-state index in [1.165, 1.54) is 0 Å². The zero-order valence-electron chi connectivity index (χ0n) is 20.0. The third-order valence-electron chi connectivity index (χ3n) is 6.22. The Labute approximate surface area is 200 Å². The van der Waals surface area contributed by atoms with Crippen LogP contribution in [-0.2, 0) is 6.54 Å². The van der Waals surface area contributed by atoms with Crippen LogP contribution in [0.5, 0.6) is 0 Å². The van der Waals surface area contributed by atoms with Crippen molar-refractivity contribution in [3.8, 4) is 17.2 Å². The molecule has 0 amide bonds. The van der Waals surface area contributed by atoms with Crippen molar-refractivity contribution in [2.24, 2.45) is 0 Å². The molecule has 2 aromatic carbocycles. The quantitative estimate of drug-likeness (QED) is 0.307. The Morgan fingerprint density at radius 2 is 1.88 bits per heavy atom. The second-order valence-electron chi connectivity index (χ2n) is 8.74. The average Bonchev–Trinajstić information content (AvgIpc) is 2.86. The summed E-state index contributed by atoms with van der Waals surface area (Å²) in [7, 11) is 0. The third-order valence-corrected chi connectivity index (χ3v) is 6.22. The zero-order valence-corrected chi connectivity index (χ0v) is 20.0. The molecule has 2 heterocycles. The Hall–Kier alpha value is -3.91. The van der Waals surface area contributed by atoms with Crippen molar-refractivity contribution >= 4 is 16.6 Å². The van der Waals surface area contributed by atoms with Gasteiger partial charge < -0.3 is 9.88 Å². The maximum Gasteiger partial charge on any atom is 0.269 e. The number of anilines is 1. The average molecular weight is 451 g/mol. The Morgan fingerprint density at radius 3 is 2.56 bits per heavy atom. The summed E-state index contributed by atoms with van der Waals surface area (Å²) in [6.45, 7) is 6.82. The van der Waals surface area contributed by atoms with Gasteiger partial charge in [0.25, 0.3) is 5.56 Å². The number of aromatic nitrogens is 2. The maximum atomic E-state index is 13.5. The first-order valence-electron chi connectivity index (χ1n) is 11.9. The minimum absolute atomic E-state index is 0.00821. The molecule has 172 valence electrons. The highest BCUT2D eigenvalue weighted by atomic mass is 16.1. The van der Waals surface area contributed by atoms with Gasteiger partial charge in [-0.25, -0.2) is 0 Å². The van der Waals surface area contributed by atoms with Crippen LogP contribution in [0.15, 0.2) is 71.7 Å². The summed E-state index contributed by atoms with van der Waals surface area (Å²) in [4.78, 5) is 18.0. The van der Waals surface area contributed by atoms with E-state index in [0.29, 0.717) is 12.1 Å². The summed E-state index contributed by atoms with van der Waals surface area (Å²) in [6, 6.07) is 22.2. The van der Waals surface area contributed by atoms with Gasteiger partial charge in [0.1, 0.15) is 11.6 Å². The van der Waals surface area contributed by atoms with Crippen LogP contribution in [0.1, 0.15) is 56.0 Å². The number of fused-ring (bicyclic) bond motifs is 1. The number of nitrogens with one attached hydrogen (secondary N) is 1. The van der Waals surface area contributed by atoms with Gasteiger partial charge in [0.15, 0.2) is 0 Å². The van der Waals surface area contributed by atoms with E-state index in [0.717, 1.165) is 52.7 Å². The van der Waals surface area contributed by atoms with Gasteiger partial charge >= 0.3 is 0 Å². The van der Waals surface area contributed by atoms with Crippen LogP contribution in [0.4, 0.5) is 5.69 Å². The number of pyridine rings is 2. The van der Waals surface area contributed by atoms with Gasteiger partial charge in [-0.1, -0.05) is 61.7 Å². The van der Waals surface area contributed by atoms with Crippen molar-refractivity contribution in [1.29, 1.82) is 5.26 Å². The van der Waals surface area contributed by atoms with E-state index in [1.807, 2.05) is 67.6 Å². The van der Waals surface area contributed by atoms with Crippen LogP contribution in [0, 0.1) is 18.3 Å². The predicted molar refractivity (Wildman–Crippen MR) is 139 cm³/mol. The molecular formula is C29H30N4O. The molecule has 0 bridgehead atoms. The molecule has 0 fully saturated rings. The van der Waals surface area contributed by atoms with Crippen molar-refractivity contribution in [3.05, 3.63) is 94.0 Å². The van der Waals surface area contributed by atoms with E-state index < -0.39 is 0 Å². The Kier molecular flexibility index (Phi) is 7.08. The number of unbranched alkanes of at least 4 members (excludes halogenated alkanes) is 2. The van der Waals surface area contributed by atoms with Gasteiger partial charge in [-0.15, -0.1) is 0 Å². The van der Waals surface area contributed by atoms with E-state index in [-0.39, 0.29) is 17.2 Å². The summed E-state index contributed by atoms with van der Waals surface area (Å²) in [5.41, 5.74) is 5.40. The summed E-state index contributed by atoms with van der Waals surface area (Å²) in [6.07, 6.45) is 4.77. The van der Waals surface area contributed by atoms with Crippen molar-refractivity contribution < 1.29 is 0 Å². The number of rotatable bonds is 8. The van der Waals surface area contributed by atoms with Gasteiger partial charge in [0.05, 0.1) is 17.3 Å². The lowest BCUT2D eigenvalue weighted by molar-refractivity contribution is 0.602. The number of nitriles is 1. The fourth-order valence-electron chi connectivity index (χ4n) is 4.36. The fourth-order valence-corrected chi connectivity index (χ4v) is 4.36. The van der Waals surface area contributed by atoms with Crippen LogP contribution in [-0.4, -0.2) is 9.55 Å². The van der Waals surface area contributed by atoms with Gasteiger partial charge in [0, 0.05) is 29.4 Å². The molecule has 1 N–H and O–H groups in total. The summed E-state index contributed by atoms with van der Waals surface area (Å²) in [5, 5.41) is 14.4. The molecular weight excluding hydrogens is 420 g/mol. The van der Waals surface area contributed by atoms with E-state index in [2.05, 4.69) is 30.2 Å². The van der Waals surface area contributed by atoms with Gasteiger partial charge in [-0.3, -0.25) is 9.78 Å². The number of aryl methyl sites for hydroxylation is 2. The van der Waals surface area contributed by atoms with Crippen LogP contribution < -0.4 is 10.9 Å².